The molecule has 106 valence electrons. The van der Waals surface area contributed by atoms with Gasteiger partial charge in [-0.2, -0.15) is 0 Å². The van der Waals surface area contributed by atoms with Crippen LogP contribution < -0.4 is 9.47 Å². The molecular formula is C15H23NO3. The summed E-state index contributed by atoms with van der Waals surface area (Å²) in [6, 6.07) is 6.06. The minimum absolute atomic E-state index is 0.172. The molecule has 4 heteroatoms. The molecule has 1 fully saturated rings. The Hall–Kier alpha value is -1.26. The Bertz CT molecular complexity index is 408. The van der Waals surface area contributed by atoms with Gasteiger partial charge in [-0.15, -0.1) is 0 Å². The van der Waals surface area contributed by atoms with Crippen molar-refractivity contribution in [2.75, 3.05) is 26.8 Å². The van der Waals surface area contributed by atoms with Crippen LogP contribution in [-0.2, 0) is 6.54 Å². The maximum Gasteiger partial charge on any atom is 0.161 e. The second-order valence-electron chi connectivity index (χ2n) is 5.01. The predicted molar refractivity (Wildman–Crippen MR) is 74.7 cm³/mol. The summed E-state index contributed by atoms with van der Waals surface area (Å²) in [6.45, 7) is 5.35. The van der Waals surface area contributed by atoms with E-state index in [2.05, 4.69) is 17.9 Å². The Morgan fingerprint density at radius 3 is 2.84 bits per heavy atom. The molecule has 4 nitrogen and oxygen atoms in total. The van der Waals surface area contributed by atoms with E-state index in [0.717, 1.165) is 44.0 Å². The van der Waals surface area contributed by atoms with Crippen LogP contribution in [0.25, 0.3) is 0 Å². The third-order valence-electron chi connectivity index (χ3n) is 3.34. The van der Waals surface area contributed by atoms with Gasteiger partial charge in [-0.05, 0) is 30.5 Å². The summed E-state index contributed by atoms with van der Waals surface area (Å²) < 4.78 is 11.0. The van der Waals surface area contributed by atoms with Gasteiger partial charge in [0.25, 0.3) is 0 Å². The maximum atomic E-state index is 9.53. The van der Waals surface area contributed by atoms with Crippen LogP contribution in [0.2, 0.25) is 0 Å². The van der Waals surface area contributed by atoms with E-state index in [1.165, 1.54) is 5.56 Å². The molecule has 2 rings (SSSR count). The molecule has 0 amide bonds. The van der Waals surface area contributed by atoms with Crippen LogP contribution in [0.1, 0.15) is 25.3 Å². The number of hydrogen-bond donors (Lipinski definition) is 1. The smallest absolute Gasteiger partial charge is 0.161 e. The van der Waals surface area contributed by atoms with Crippen LogP contribution in [0.5, 0.6) is 11.5 Å². The summed E-state index contributed by atoms with van der Waals surface area (Å²) in [5.41, 5.74) is 1.19. The average Bonchev–Trinajstić information content (AvgIpc) is 2.82. The third kappa shape index (κ3) is 3.85. The second kappa shape index (κ2) is 6.78. The number of ether oxygens (including phenoxy) is 2. The zero-order valence-electron chi connectivity index (χ0n) is 11.8. The number of benzene rings is 1. The fourth-order valence-electron chi connectivity index (χ4n) is 2.36. The van der Waals surface area contributed by atoms with E-state index in [9.17, 15) is 5.11 Å². The number of hydrogen-bond acceptors (Lipinski definition) is 4. The van der Waals surface area contributed by atoms with Gasteiger partial charge < -0.3 is 14.6 Å². The zero-order chi connectivity index (χ0) is 13.7. The predicted octanol–water partition coefficient (Wildman–Crippen LogP) is 2.05. The van der Waals surface area contributed by atoms with Gasteiger partial charge in [-0.25, -0.2) is 0 Å². The van der Waals surface area contributed by atoms with Crippen LogP contribution in [0.3, 0.4) is 0 Å². The Balaban J connectivity index is 2.01. The van der Waals surface area contributed by atoms with Crippen molar-refractivity contribution in [3.05, 3.63) is 23.8 Å². The third-order valence-corrected chi connectivity index (χ3v) is 3.34. The van der Waals surface area contributed by atoms with E-state index in [4.69, 9.17) is 9.47 Å². The summed E-state index contributed by atoms with van der Waals surface area (Å²) in [5.74, 6) is 1.58. The molecule has 0 radical (unpaired) electrons. The van der Waals surface area contributed by atoms with E-state index in [1.807, 2.05) is 12.1 Å². The van der Waals surface area contributed by atoms with Crippen molar-refractivity contribution in [1.82, 2.24) is 4.90 Å². The fourth-order valence-corrected chi connectivity index (χ4v) is 2.36. The van der Waals surface area contributed by atoms with Gasteiger partial charge in [-0.1, -0.05) is 13.0 Å². The standard InChI is InChI=1S/C15H23NO3/c1-3-8-19-14-5-4-12(9-15(14)18-2)10-16-7-6-13(17)11-16/h4-5,9,13,17H,3,6-8,10-11H2,1-2H3/t13-/m1/s1. The highest BCUT2D eigenvalue weighted by atomic mass is 16.5. The highest BCUT2D eigenvalue weighted by molar-refractivity contribution is 5.43. The van der Waals surface area contributed by atoms with Crippen molar-refractivity contribution in [1.29, 1.82) is 0 Å². The lowest BCUT2D eigenvalue weighted by Gasteiger charge is -2.16. The second-order valence-corrected chi connectivity index (χ2v) is 5.01. The van der Waals surface area contributed by atoms with E-state index in [0.29, 0.717) is 6.61 Å². The quantitative estimate of drug-likeness (QED) is 0.855. The van der Waals surface area contributed by atoms with Crippen molar-refractivity contribution in [2.45, 2.75) is 32.4 Å². The molecule has 0 aliphatic carbocycles. The van der Waals surface area contributed by atoms with Crippen LogP contribution in [-0.4, -0.2) is 42.9 Å². The average molecular weight is 265 g/mol. The highest BCUT2D eigenvalue weighted by Crippen LogP contribution is 2.29. The molecule has 1 aliphatic heterocycles. The van der Waals surface area contributed by atoms with Gasteiger partial charge in [0.1, 0.15) is 0 Å². The fraction of sp³-hybridized carbons (Fsp3) is 0.600. The number of nitrogens with zero attached hydrogens (tertiary/aromatic N) is 1. The summed E-state index contributed by atoms with van der Waals surface area (Å²) in [6.07, 6.45) is 1.68. The zero-order valence-corrected chi connectivity index (χ0v) is 11.8. The first-order chi connectivity index (χ1) is 9.22. The van der Waals surface area contributed by atoms with Gasteiger partial charge in [0.15, 0.2) is 11.5 Å². The summed E-state index contributed by atoms with van der Waals surface area (Å²) in [4.78, 5) is 2.26. The molecular weight excluding hydrogens is 242 g/mol. The first-order valence-corrected chi connectivity index (χ1v) is 6.93. The van der Waals surface area contributed by atoms with Crippen molar-refractivity contribution < 1.29 is 14.6 Å². The first kappa shape index (κ1) is 14.2. The Labute approximate surface area is 114 Å². The molecule has 0 spiro atoms. The Morgan fingerprint density at radius 2 is 2.21 bits per heavy atom. The van der Waals surface area contributed by atoms with E-state index >= 15 is 0 Å². The van der Waals surface area contributed by atoms with E-state index < -0.39 is 0 Å². The van der Waals surface area contributed by atoms with Crippen molar-refractivity contribution in [3.8, 4) is 11.5 Å². The number of aliphatic hydroxyl groups is 1. The van der Waals surface area contributed by atoms with Gasteiger partial charge in [0, 0.05) is 19.6 Å². The van der Waals surface area contributed by atoms with Gasteiger partial charge >= 0.3 is 0 Å². The first-order valence-electron chi connectivity index (χ1n) is 6.93. The van der Waals surface area contributed by atoms with Crippen LogP contribution >= 0.6 is 0 Å². The molecule has 1 saturated heterocycles. The number of rotatable bonds is 6. The minimum Gasteiger partial charge on any atom is -0.493 e. The Morgan fingerprint density at radius 1 is 1.37 bits per heavy atom. The van der Waals surface area contributed by atoms with Crippen molar-refractivity contribution in [2.24, 2.45) is 0 Å². The van der Waals surface area contributed by atoms with Gasteiger partial charge in [0.05, 0.1) is 19.8 Å². The lowest BCUT2D eigenvalue weighted by molar-refractivity contribution is 0.174. The SMILES string of the molecule is CCCOc1ccc(CN2CC[C@@H](O)C2)cc1OC. The van der Waals surface area contributed by atoms with E-state index in [-0.39, 0.29) is 6.10 Å². The highest BCUT2D eigenvalue weighted by Gasteiger charge is 2.20. The molecule has 0 unspecified atom stereocenters. The van der Waals surface area contributed by atoms with Crippen molar-refractivity contribution >= 4 is 0 Å². The number of methoxy groups -OCH3 is 1. The Kier molecular flexibility index (Phi) is 5.05. The normalized spacial score (nSPS) is 19.6. The number of β-amino-alcohol motifs (C(OH)–C–C–N with tert-alkyl or cyclic N) is 1. The molecule has 1 atom stereocenters. The molecule has 1 aliphatic rings. The van der Waals surface area contributed by atoms with E-state index in [1.54, 1.807) is 7.11 Å². The topological polar surface area (TPSA) is 41.9 Å². The lowest BCUT2D eigenvalue weighted by atomic mass is 10.2. The van der Waals surface area contributed by atoms with Crippen LogP contribution in [0, 0.1) is 0 Å². The maximum absolute atomic E-state index is 9.53. The summed E-state index contributed by atoms with van der Waals surface area (Å²) >= 11 is 0. The van der Waals surface area contributed by atoms with Crippen molar-refractivity contribution in [3.63, 3.8) is 0 Å². The molecule has 0 bridgehead atoms. The monoisotopic (exact) mass is 265 g/mol. The molecule has 1 aromatic rings. The molecule has 1 aromatic carbocycles. The molecule has 19 heavy (non-hydrogen) atoms. The number of likely N-dealkylation sites (tertiary alicyclic amines) is 1. The molecule has 1 N–H and O–H groups in total. The molecule has 0 saturated carbocycles. The van der Waals surface area contributed by atoms with Gasteiger partial charge in [-0.3, -0.25) is 4.90 Å². The largest absolute Gasteiger partial charge is 0.493 e. The minimum atomic E-state index is -0.172. The lowest BCUT2D eigenvalue weighted by Crippen LogP contribution is -2.21. The van der Waals surface area contributed by atoms with Crippen LogP contribution in [0.4, 0.5) is 0 Å². The number of aliphatic hydroxyl groups excluding tert-OH is 1. The summed E-state index contributed by atoms with van der Waals surface area (Å²) in [7, 11) is 1.66. The van der Waals surface area contributed by atoms with Gasteiger partial charge in [0.2, 0.25) is 0 Å². The molecule has 0 aromatic heterocycles. The molecule has 1 heterocycles. The van der Waals surface area contributed by atoms with Crippen LogP contribution in [0.15, 0.2) is 18.2 Å². The summed E-state index contributed by atoms with van der Waals surface area (Å²) in [5, 5.41) is 9.53.